The molecule has 0 spiro atoms. The second-order valence-electron chi connectivity index (χ2n) is 3.33. The van der Waals surface area contributed by atoms with Gasteiger partial charge in [-0.3, -0.25) is 5.10 Å². The second kappa shape index (κ2) is 3.27. The number of rotatable bonds is 1. The molecule has 16 heavy (non-hydrogen) atoms. The Kier molecular flexibility index (Phi) is 1.79. The Bertz CT molecular complexity index is 631. The summed E-state index contributed by atoms with van der Waals surface area (Å²) in [6, 6.07) is 5.48. The summed E-state index contributed by atoms with van der Waals surface area (Å²) in [5, 5.41) is 11.0. The van der Waals surface area contributed by atoms with E-state index in [0.717, 1.165) is 5.39 Å². The number of aromatic amines is 1. The predicted octanol–water partition coefficient (Wildman–Crippen LogP) is 0.997. The molecule has 3 heterocycles. The molecule has 0 aliphatic heterocycles. The molecule has 3 aromatic rings. The normalized spacial score (nSPS) is 10.8. The fourth-order valence-electron chi connectivity index (χ4n) is 1.54. The number of hydrogen-bond acceptors (Lipinski definition) is 5. The number of nitrogens with zero attached hydrogens (tertiary/aromatic N) is 4. The molecule has 0 radical (unpaired) electrons. The highest BCUT2D eigenvalue weighted by atomic mass is 15.3. The third kappa shape index (κ3) is 1.28. The van der Waals surface area contributed by atoms with Gasteiger partial charge in [-0.2, -0.15) is 0 Å². The predicted molar refractivity (Wildman–Crippen MR) is 59.3 cm³/mol. The average molecular weight is 212 g/mol. The molecule has 0 saturated heterocycles. The lowest BCUT2D eigenvalue weighted by atomic mass is 10.2. The highest BCUT2D eigenvalue weighted by Crippen LogP contribution is 2.23. The lowest BCUT2D eigenvalue weighted by Crippen LogP contribution is -1.94. The fraction of sp³-hybridized carbons (Fsp3) is 0. The van der Waals surface area contributed by atoms with Crippen LogP contribution in [-0.2, 0) is 0 Å². The summed E-state index contributed by atoms with van der Waals surface area (Å²) < 4.78 is 0. The van der Waals surface area contributed by atoms with Gasteiger partial charge in [-0.05, 0) is 18.2 Å². The average Bonchev–Trinajstić information content (AvgIpc) is 2.82. The zero-order valence-corrected chi connectivity index (χ0v) is 8.25. The van der Waals surface area contributed by atoms with Crippen LogP contribution >= 0.6 is 0 Å². The molecule has 0 bridgehead atoms. The molecule has 3 aromatic heterocycles. The number of aromatic nitrogens is 5. The first-order valence-corrected chi connectivity index (χ1v) is 4.72. The molecule has 0 amide bonds. The van der Waals surface area contributed by atoms with Gasteiger partial charge in [0.15, 0.2) is 5.65 Å². The molecular formula is C10H8N6. The van der Waals surface area contributed by atoms with Gasteiger partial charge >= 0.3 is 0 Å². The first-order chi connectivity index (χ1) is 7.84. The number of nitrogen functional groups attached to an aromatic ring is 1. The lowest BCUT2D eigenvalue weighted by Gasteiger charge is -2.02. The number of fused-ring (bicyclic) bond motifs is 1. The van der Waals surface area contributed by atoms with Crippen LogP contribution in [0.5, 0.6) is 0 Å². The Balaban J connectivity index is 2.29. The first-order valence-electron chi connectivity index (χ1n) is 4.72. The minimum absolute atomic E-state index is 0.612. The molecular weight excluding hydrogens is 204 g/mol. The molecule has 0 aromatic carbocycles. The van der Waals surface area contributed by atoms with Crippen LogP contribution in [0.4, 0.5) is 5.69 Å². The monoisotopic (exact) mass is 212 g/mol. The minimum Gasteiger partial charge on any atom is -0.398 e. The third-order valence-electron chi connectivity index (χ3n) is 2.30. The number of nitrogens with two attached hydrogens (primary N) is 1. The quantitative estimate of drug-likeness (QED) is 0.627. The highest BCUT2D eigenvalue weighted by Gasteiger charge is 2.07. The van der Waals surface area contributed by atoms with Gasteiger partial charge in [0.05, 0.1) is 11.9 Å². The maximum absolute atomic E-state index is 5.92. The maximum atomic E-state index is 5.92. The standard InChI is InChI=1S/C10H8N6/c11-7-4-8(9-5-13-16-15-9)14-10-6(7)2-1-3-12-10/h1-5H,(H2,11,12,14)(H,13,15,16). The maximum Gasteiger partial charge on any atom is 0.161 e. The Morgan fingerprint density at radius 1 is 1.25 bits per heavy atom. The van der Waals surface area contributed by atoms with E-state index in [4.69, 9.17) is 5.73 Å². The van der Waals surface area contributed by atoms with Crippen molar-refractivity contribution in [3.63, 3.8) is 0 Å². The van der Waals surface area contributed by atoms with Gasteiger partial charge in [-0.1, -0.05) is 5.21 Å². The topological polar surface area (TPSA) is 93.4 Å². The Morgan fingerprint density at radius 3 is 3.00 bits per heavy atom. The Labute approximate surface area is 90.5 Å². The Morgan fingerprint density at radius 2 is 2.19 bits per heavy atom. The van der Waals surface area contributed by atoms with Crippen LogP contribution in [0.15, 0.2) is 30.6 Å². The van der Waals surface area contributed by atoms with Crippen molar-refractivity contribution in [3.8, 4) is 11.4 Å². The summed E-state index contributed by atoms with van der Waals surface area (Å²) in [4.78, 5) is 8.53. The summed E-state index contributed by atoms with van der Waals surface area (Å²) in [6.07, 6.45) is 3.35. The van der Waals surface area contributed by atoms with Crippen molar-refractivity contribution < 1.29 is 0 Å². The molecule has 0 fully saturated rings. The summed E-state index contributed by atoms with van der Waals surface area (Å²) in [7, 11) is 0. The van der Waals surface area contributed by atoms with Gasteiger partial charge in [0.1, 0.15) is 5.69 Å². The van der Waals surface area contributed by atoms with Crippen molar-refractivity contribution in [2.24, 2.45) is 0 Å². The van der Waals surface area contributed by atoms with Crippen LogP contribution in [0.2, 0.25) is 0 Å². The van der Waals surface area contributed by atoms with E-state index in [1.807, 2.05) is 12.1 Å². The summed E-state index contributed by atoms with van der Waals surface area (Å²) in [5.41, 5.74) is 8.49. The molecule has 0 saturated carbocycles. The van der Waals surface area contributed by atoms with Crippen molar-refractivity contribution in [1.82, 2.24) is 25.4 Å². The van der Waals surface area contributed by atoms with Crippen LogP contribution in [-0.4, -0.2) is 25.4 Å². The van der Waals surface area contributed by atoms with Crippen LogP contribution in [0.1, 0.15) is 0 Å². The molecule has 78 valence electrons. The summed E-state index contributed by atoms with van der Waals surface area (Å²) >= 11 is 0. The van der Waals surface area contributed by atoms with Crippen molar-refractivity contribution in [3.05, 3.63) is 30.6 Å². The van der Waals surface area contributed by atoms with Crippen molar-refractivity contribution in [2.45, 2.75) is 0 Å². The molecule has 0 aliphatic rings. The summed E-state index contributed by atoms with van der Waals surface area (Å²) in [6.45, 7) is 0. The summed E-state index contributed by atoms with van der Waals surface area (Å²) in [5.74, 6) is 0. The van der Waals surface area contributed by atoms with Gasteiger partial charge in [0.2, 0.25) is 0 Å². The largest absolute Gasteiger partial charge is 0.398 e. The van der Waals surface area contributed by atoms with E-state index in [9.17, 15) is 0 Å². The van der Waals surface area contributed by atoms with Gasteiger partial charge in [0.25, 0.3) is 0 Å². The smallest absolute Gasteiger partial charge is 0.161 e. The van der Waals surface area contributed by atoms with E-state index >= 15 is 0 Å². The second-order valence-corrected chi connectivity index (χ2v) is 3.33. The van der Waals surface area contributed by atoms with Gasteiger partial charge in [0, 0.05) is 17.3 Å². The van der Waals surface area contributed by atoms with Crippen LogP contribution in [0, 0.1) is 0 Å². The molecule has 3 N–H and O–H groups in total. The number of hydrogen-bond donors (Lipinski definition) is 2. The molecule has 3 rings (SSSR count). The molecule has 0 unspecified atom stereocenters. The molecule has 0 atom stereocenters. The zero-order chi connectivity index (χ0) is 11.0. The van der Waals surface area contributed by atoms with E-state index < -0.39 is 0 Å². The van der Waals surface area contributed by atoms with E-state index in [2.05, 4.69) is 25.4 Å². The molecule has 6 nitrogen and oxygen atoms in total. The van der Waals surface area contributed by atoms with Gasteiger partial charge in [-0.15, -0.1) is 5.10 Å². The number of anilines is 1. The minimum atomic E-state index is 0.612. The van der Waals surface area contributed by atoms with Crippen molar-refractivity contribution in [1.29, 1.82) is 0 Å². The number of nitrogens with one attached hydrogen (secondary N) is 1. The fourth-order valence-corrected chi connectivity index (χ4v) is 1.54. The third-order valence-corrected chi connectivity index (χ3v) is 2.30. The van der Waals surface area contributed by atoms with Crippen LogP contribution in [0.25, 0.3) is 22.4 Å². The van der Waals surface area contributed by atoms with Gasteiger partial charge in [-0.25, -0.2) is 9.97 Å². The van der Waals surface area contributed by atoms with Crippen molar-refractivity contribution in [2.75, 3.05) is 5.73 Å². The van der Waals surface area contributed by atoms with Crippen molar-refractivity contribution >= 4 is 16.7 Å². The number of pyridine rings is 2. The first kappa shape index (κ1) is 8.78. The Hall–Kier alpha value is -2.50. The van der Waals surface area contributed by atoms with E-state index in [-0.39, 0.29) is 0 Å². The molecule has 6 heteroatoms. The van der Waals surface area contributed by atoms with Gasteiger partial charge < -0.3 is 5.73 Å². The van der Waals surface area contributed by atoms with E-state index in [1.165, 1.54) is 0 Å². The SMILES string of the molecule is Nc1cc(-c2c[nH]nn2)nc2ncccc12. The molecule has 0 aliphatic carbocycles. The highest BCUT2D eigenvalue weighted by molar-refractivity contribution is 5.89. The van der Waals surface area contributed by atoms with E-state index in [1.54, 1.807) is 18.5 Å². The zero-order valence-electron chi connectivity index (χ0n) is 8.25. The lowest BCUT2D eigenvalue weighted by molar-refractivity contribution is 0.941. The number of H-pyrrole nitrogens is 1. The van der Waals surface area contributed by atoms with Crippen LogP contribution in [0.3, 0.4) is 0 Å². The van der Waals surface area contributed by atoms with Crippen LogP contribution < -0.4 is 5.73 Å². The van der Waals surface area contributed by atoms with E-state index in [0.29, 0.717) is 22.7 Å².